The SMILES string of the molecule is CCCCCCCCCCCCC/C=C/CCCCCCCCCO. The highest BCUT2D eigenvalue weighted by Gasteiger charge is 1.93. The first-order chi connectivity index (χ1) is 12.4. The molecule has 1 nitrogen and oxygen atoms in total. The van der Waals surface area contributed by atoms with Crippen LogP contribution in [-0.4, -0.2) is 11.7 Å². The van der Waals surface area contributed by atoms with Gasteiger partial charge in [-0.05, 0) is 32.1 Å². The molecule has 0 unspecified atom stereocenters. The maximum absolute atomic E-state index is 8.72. The van der Waals surface area contributed by atoms with Gasteiger partial charge in [0.25, 0.3) is 0 Å². The van der Waals surface area contributed by atoms with Crippen molar-refractivity contribution >= 4 is 0 Å². The lowest BCUT2D eigenvalue weighted by Crippen LogP contribution is -1.84. The fourth-order valence-electron chi connectivity index (χ4n) is 3.42. The average Bonchev–Trinajstić information content (AvgIpc) is 2.63. The van der Waals surface area contributed by atoms with Crippen LogP contribution >= 0.6 is 0 Å². The summed E-state index contributed by atoms with van der Waals surface area (Å²) in [4.78, 5) is 0. The van der Waals surface area contributed by atoms with E-state index in [0.717, 1.165) is 6.42 Å². The fourth-order valence-corrected chi connectivity index (χ4v) is 3.42. The zero-order chi connectivity index (χ0) is 18.3. The van der Waals surface area contributed by atoms with Gasteiger partial charge in [-0.1, -0.05) is 115 Å². The minimum absolute atomic E-state index is 0.365. The number of aliphatic hydroxyl groups is 1. The van der Waals surface area contributed by atoms with E-state index in [9.17, 15) is 0 Å². The van der Waals surface area contributed by atoms with Crippen LogP contribution < -0.4 is 0 Å². The highest BCUT2D eigenvalue weighted by Crippen LogP contribution is 2.12. The number of hydrogen-bond donors (Lipinski definition) is 1. The Labute approximate surface area is 159 Å². The minimum atomic E-state index is 0.365. The average molecular weight is 353 g/mol. The quantitative estimate of drug-likeness (QED) is 0.162. The topological polar surface area (TPSA) is 20.2 Å². The van der Waals surface area contributed by atoms with Gasteiger partial charge in [0.2, 0.25) is 0 Å². The first-order valence-corrected chi connectivity index (χ1v) is 11.7. The van der Waals surface area contributed by atoms with Crippen molar-refractivity contribution in [2.45, 2.75) is 135 Å². The molecule has 0 bridgehead atoms. The van der Waals surface area contributed by atoms with Crippen LogP contribution in [-0.2, 0) is 0 Å². The zero-order valence-corrected chi connectivity index (χ0v) is 17.5. The van der Waals surface area contributed by atoms with Gasteiger partial charge < -0.3 is 5.11 Å². The third-order valence-corrected chi connectivity index (χ3v) is 5.17. The van der Waals surface area contributed by atoms with E-state index in [-0.39, 0.29) is 0 Å². The Morgan fingerprint density at radius 3 is 1.12 bits per heavy atom. The van der Waals surface area contributed by atoms with Crippen molar-refractivity contribution in [2.24, 2.45) is 0 Å². The molecule has 0 aliphatic rings. The second-order valence-corrected chi connectivity index (χ2v) is 7.78. The van der Waals surface area contributed by atoms with Crippen LogP contribution in [0.4, 0.5) is 0 Å². The molecule has 0 aromatic rings. The number of allylic oxidation sites excluding steroid dienone is 2. The summed E-state index contributed by atoms with van der Waals surface area (Å²) in [5.41, 5.74) is 0. The Bertz CT molecular complexity index is 246. The molecular formula is C24H48O. The molecule has 0 spiro atoms. The molecule has 0 fully saturated rings. The summed E-state index contributed by atoms with van der Waals surface area (Å²) in [5.74, 6) is 0. The minimum Gasteiger partial charge on any atom is -0.396 e. The van der Waals surface area contributed by atoms with E-state index in [0.29, 0.717) is 6.61 Å². The van der Waals surface area contributed by atoms with Crippen molar-refractivity contribution < 1.29 is 5.11 Å². The van der Waals surface area contributed by atoms with Crippen LogP contribution in [0.2, 0.25) is 0 Å². The Balaban J connectivity index is 3.04. The molecule has 0 rings (SSSR count). The smallest absolute Gasteiger partial charge is 0.0431 e. The summed E-state index contributed by atoms with van der Waals surface area (Å²) in [6.45, 7) is 2.66. The second-order valence-electron chi connectivity index (χ2n) is 7.78. The van der Waals surface area contributed by atoms with Gasteiger partial charge in [-0.2, -0.15) is 0 Å². The molecule has 0 saturated carbocycles. The number of rotatable bonds is 21. The molecule has 0 aromatic carbocycles. The van der Waals surface area contributed by atoms with Gasteiger partial charge in [0.05, 0.1) is 0 Å². The van der Waals surface area contributed by atoms with Gasteiger partial charge >= 0.3 is 0 Å². The van der Waals surface area contributed by atoms with E-state index >= 15 is 0 Å². The summed E-state index contributed by atoms with van der Waals surface area (Å²) in [7, 11) is 0. The Morgan fingerprint density at radius 1 is 0.440 bits per heavy atom. The van der Waals surface area contributed by atoms with Crippen LogP contribution in [0, 0.1) is 0 Å². The van der Waals surface area contributed by atoms with E-state index in [1.165, 1.54) is 122 Å². The van der Waals surface area contributed by atoms with E-state index in [4.69, 9.17) is 5.11 Å². The lowest BCUT2D eigenvalue weighted by atomic mass is 10.0. The van der Waals surface area contributed by atoms with Gasteiger partial charge in [-0.3, -0.25) is 0 Å². The third kappa shape index (κ3) is 23.7. The number of hydrogen-bond acceptors (Lipinski definition) is 1. The molecule has 0 aromatic heterocycles. The molecule has 150 valence electrons. The molecular weight excluding hydrogens is 304 g/mol. The predicted octanol–water partition coefficient (Wildman–Crippen LogP) is 8.36. The summed E-state index contributed by atoms with van der Waals surface area (Å²) in [6, 6.07) is 0. The highest BCUT2D eigenvalue weighted by molar-refractivity contribution is 4.81. The van der Waals surface area contributed by atoms with Crippen LogP contribution in [0.3, 0.4) is 0 Å². The molecule has 0 aliphatic heterocycles. The lowest BCUT2D eigenvalue weighted by Gasteiger charge is -2.02. The van der Waals surface area contributed by atoms with Gasteiger partial charge in [-0.15, -0.1) is 0 Å². The summed E-state index contributed by atoms with van der Waals surface area (Å²) < 4.78 is 0. The van der Waals surface area contributed by atoms with Crippen molar-refractivity contribution in [1.29, 1.82) is 0 Å². The molecule has 0 amide bonds. The van der Waals surface area contributed by atoms with E-state index < -0.39 is 0 Å². The van der Waals surface area contributed by atoms with Crippen LogP contribution in [0.25, 0.3) is 0 Å². The van der Waals surface area contributed by atoms with Crippen LogP contribution in [0.1, 0.15) is 135 Å². The summed E-state index contributed by atoms with van der Waals surface area (Å²) >= 11 is 0. The predicted molar refractivity (Wildman–Crippen MR) is 114 cm³/mol. The normalized spacial score (nSPS) is 11.6. The molecule has 0 atom stereocenters. The molecule has 0 aliphatic carbocycles. The van der Waals surface area contributed by atoms with Crippen molar-refractivity contribution in [1.82, 2.24) is 0 Å². The molecule has 0 saturated heterocycles. The molecule has 0 heterocycles. The lowest BCUT2D eigenvalue weighted by molar-refractivity contribution is 0.282. The van der Waals surface area contributed by atoms with Crippen molar-refractivity contribution in [3.05, 3.63) is 12.2 Å². The highest BCUT2D eigenvalue weighted by atomic mass is 16.2. The summed E-state index contributed by atoms with van der Waals surface area (Å²) in [6.07, 6.45) is 32.1. The molecule has 1 N–H and O–H groups in total. The van der Waals surface area contributed by atoms with E-state index in [1.54, 1.807) is 0 Å². The van der Waals surface area contributed by atoms with Crippen molar-refractivity contribution in [3.8, 4) is 0 Å². The van der Waals surface area contributed by atoms with E-state index in [2.05, 4.69) is 19.1 Å². The Morgan fingerprint density at radius 2 is 0.760 bits per heavy atom. The van der Waals surface area contributed by atoms with Crippen molar-refractivity contribution in [2.75, 3.05) is 6.61 Å². The largest absolute Gasteiger partial charge is 0.396 e. The molecule has 25 heavy (non-hydrogen) atoms. The van der Waals surface area contributed by atoms with Gasteiger partial charge in [0.15, 0.2) is 0 Å². The maximum atomic E-state index is 8.72. The van der Waals surface area contributed by atoms with Crippen molar-refractivity contribution in [3.63, 3.8) is 0 Å². The maximum Gasteiger partial charge on any atom is 0.0431 e. The summed E-state index contributed by atoms with van der Waals surface area (Å²) in [5, 5.41) is 8.72. The third-order valence-electron chi connectivity index (χ3n) is 5.17. The fraction of sp³-hybridized carbons (Fsp3) is 0.917. The zero-order valence-electron chi connectivity index (χ0n) is 17.5. The van der Waals surface area contributed by atoms with E-state index in [1.807, 2.05) is 0 Å². The number of unbranched alkanes of at least 4 members (excludes halogenated alkanes) is 18. The standard InChI is InChI=1S/C24H48O/c1-2-3-4-5-6-7-8-9-10-11-12-13-14-15-16-17-18-19-20-21-22-23-24-25/h14-15,25H,2-13,16-24H2,1H3/b15-14+. The van der Waals surface area contributed by atoms with Gasteiger partial charge in [0.1, 0.15) is 0 Å². The molecule has 0 radical (unpaired) electrons. The first kappa shape index (κ1) is 24.7. The van der Waals surface area contributed by atoms with Crippen LogP contribution in [0.15, 0.2) is 12.2 Å². The van der Waals surface area contributed by atoms with Gasteiger partial charge in [-0.25, -0.2) is 0 Å². The van der Waals surface area contributed by atoms with Gasteiger partial charge in [0, 0.05) is 6.61 Å². The monoisotopic (exact) mass is 352 g/mol. The number of aliphatic hydroxyl groups excluding tert-OH is 1. The molecule has 1 heteroatoms. The Kier molecular flexibility index (Phi) is 23.4. The van der Waals surface area contributed by atoms with Crippen LogP contribution in [0.5, 0.6) is 0 Å². The second kappa shape index (κ2) is 23.7. The first-order valence-electron chi connectivity index (χ1n) is 11.7. The Hall–Kier alpha value is -0.300.